The van der Waals surface area contributed by atoms with Crippen LogP contribution in [0.4, 0.5) is 0 Å². The molecule has 1 fully saturated rings. The quantitative estimate of drug-likeness (QED) is 0.193. The summed E-state index contributed by atoms with van der Waals surface area (Å²) in [7, 11) is 1.65. The Bertz CT molecular complexity index is 480. The van der Waals surface area contributed by atoms with Crippen molar-refractivity contribution in [2.24, 2.45) is 15.7 Å². The zero-order chi connectivity index (χ0) is 15.1. The van der Waals surface area contributed by atoms with Crippen molar-refractivity contribution >= 4 is 18.5 Å². The minimum Gasteiger partial charge on any atom is -0.464 e. The maximum Gasteiger partial charge on any atom is 0.331 e. The van der Waals surface area contributed by atoms with Gasteiger partial charge in [0, 0.05) is 30.8 Å². The number of esters is 1. The first-order valence-electron chi connectivity index (χ1n) is 6.19. The summed E-state index contributed by atoms with van der Waals surface area (Å²) < 4.78 is 4.85. The molecule has 1 aliphatic rings. The van der Waals surface area contributed by atoms with Gasteiger partial charge in [-0.25, -0.2) is 9.79 Å². The minimum absolute atomic E-state index is 0.333. The Labute approximate surface area is 118 Å². The molecule has 0 saturated carbocycles. The van der Waals surface area contributed by atoms with Crippen molar-refractivity contribution in [3.05, 3.63) is 23.1 Å². The highest BCUT2D eigenvalue weighted by Crippen LogP contribution is 2.14. The first kappa shape index (κ1) is 15.9. The molecule has 7 nitrogen and oxygen atoms in total. The first-order chi connectivity index (χ1) is 9.49. The van der Waals surface area contributed by atoms with Crippen LogP contribution in [0.1, 0.15) is 20.3 Å². The highest BCUT2D eigenvalue weighted by atomic mass is 16.6. The number of allylic oxidation sites excluding steroid dienone is 2. The van der Waals surface area contributed by atoms with E-state index in [0.29, 0.717) is 35.9 Å². The summed E-state index contributed by atoms with van der Waals surface area (Å²) >= 11 is 0. The number of cyclic esters (lactones) is 1. The Morgan fingerprint density at radius 1 is 1.60 bits per heavy atom. The molecule has 0 amide bonds. The maximum absolute atomic E-state index is 11.4. The topological polar surface area (TPSA) is 98.3 Å². The lowest BCUT2D eigenvalue weighted by molar-refractivity contribution is -0.138. The molecular weight excluding hydrogens is 260 g/mol. The lowest BCUT2D eigenvalue weighted by Crippen LogP contribution is -2.16. The van der Waals surface area contributed by atoms with Gasteiger partial charge in [0.25, 0.3) is 0 Å². The van der Waals surface area contributed by atoms with Gasteiger partial charge in [-0.1, -0.05) is 0 Å². The number of aliphatic imine (C=N–C) groups is 2. The van der Waals surface area contributed by atoms with E-state index in [9.17, 15) is 4.79 Å². The van der Waals surface area contributed by atoms with Gasteiger partial charge in [0.2, 0.25) is 0 Å². The zero-order valence-corrected chi connectivity index (χ0v) is 12.0. The van der Waals surface area contributed by atoms with E-state index in [1.165, 1.54) is 0 Å². The molecule has 1 rings (SSSR count). The molecule has 0 aromatic carbocycles. The average Bonchev–Trinajstić information content (AvgIpc) is 2.80. The largest absolute Gasteiger partial charge is 0.464 e. The number of carbonyl (C=O) groups is 1. The Morgan fingerprint density at radius 3 is 2.80 bits per heavy atom. The van der Waals surface area contributed by atoms with Gasteiger partial charge >= 0.3 is 5.97 Å². The predicted molar refractivity (Wildman–Crippen MR) is 77.1 cm³/mol. The van der Waals surface area contributed by atoms with E-state index in [0.717, 1.165) is 0 Å². The molecule has 1 atom stereocenters. The number of ether oxygens (including phenoxy) is 1. The number of nitrogens with one attached hydrogen (secondary N) is 1. The van der Waals surface area contributed by atoms with Gasteiger partial charge in [-0.3, -0.25) is 4.99 Å². The Kier molecular flexibility index (Phi) is 5.92. The van der Waals surface area contributed by atoms with Crippen molar-refractivity contribution in [2.45, 2.75) is 26.3 Å². The van der Waals surface area contributed by atoms with Gasteiger partial charge in [-0.15, -0.1) is 0 Å². The summed E-state index contributed by atoms with van der Waals surface area (Å²) in [4.78, 5) is 24.5. The van der Waals surface area contributed by atoms with Crippen LogP contribution in [0.25, 0.3) is 0 Å². The van der Waals surface area contributed by atoms with Gasteiger partial charge in [-0.05, 0) is 20.6 Å². The maximum atomic E-state index is 11.4. The van der Waals surface area contributed by atoms with Gasteiger partial charge in [0.15, 0.2) is 11.9 Å². The fourth-order valence-corrected chi connectivity index (χ4v) is 1.65. The lowest BCUT2D eigenvalue weighted by Gasteiger charge is -2.07. The summed E-state index contributed by atoms with van der Waals surface area (Å²) in [5.41, 5.74) is 9.55. The number of nitrogens with zero attached hydrogens (tertiary/aromatic N) is 2. The monoisotopic (exact) mass is 280 g/mol. The number of hydrogen-bond donors (Lipinski definition) is 2. The van der Waals surface area contributed by atoms with Crippen LogP contribution in [0.15, 0.2) is 33.1 Å². The standard InChI is InChI=1S/C13H20N4O3/c1-8(20-16-4)7-10(14)9(2)12(15-3)17-11-5-6-19-13(11)18/h7,11,16H,3,5-6,14H2,1-2,4H3/b8-7+,10-9?,17-12?/t11-/m0/s1. The van der Waals surface area contributed by atoms with E-state index >= 15 is 0 Å². The van der Waals surface area contributed by atoms with Crippen molar-refractivity contribution in [1.82, 2.24) is 5.48 Å². The average molecular weight is 280 g/mol. The molecule has 0 aliphatic carbocycles. The van der Waals surface area contributed by atoms with Gasteiger partial charge in [-0.2, -0.15) is 5.48 Å². The molecule has 1 saturated heterocycles. The number of carbonyl (C=O) groups excluding carboxylic acids is 1. The summed E-state index contributed by atoms with van der Waals surface area (Å²) in [5.74, 6) is 0.579. The van der Waals surface area contributed by atoms with Crippen LogP contribution < -0.4 is 11.2 Å². The first-order valence-corrected chi connectivity index (χ1v) is 6.19. The van der Waals surface area contributed by atoms with Crippen molar-refractivity contribution in [2.75, 3.05) is 13.7 Å². The van der Waals surface area contributed by atoms with E-state index in [-0.39, 0.29) is 5.97 Å². The molecule has 20 heavy (non-hydrogen) atoms. The van der Waals surface area contributed by atoms with Crippen LogP contribution in [-0.2, 0) is 14.4 Å². The smallest absolute Gasteiger partial charge is 0.331 e. The Hall–Kier alpha value is -2.15. The lowest BCUT2D eigenvalue weighted by atomic mass is 10.2. The molecule has 3 N–H and O–H groups in total. The molecule has 0 bridgehead atoms. The molecule has 0 radical (unpaired) electrons. The number of amidine groups is 1. The highest BCUT2D eigenvalue weighted by Gasteiger charge is 2.26. The second kappa shape index (κ2) is 7.44. The van der Waals surface area contributed by atoms with Crippen LogP contribution in [0.5, 0.6) is 0 Å². The SMILES string of the molecule is C=NC(=N[C@H]1CCOC1=O)C(C)=C(N)/C=C(\C)ONC. The molecule has 0 unspecified atom stereocenters. The molecule has 1 aliphatic heterocycles. The number of nitrogens with two attached hydrogens (primary N) is 1. The third-order valence-corrected chi connectivity index (χ3v) is 2.73. The third kappa shape index (κ3) is 4.20. The Morgan fingerprint density at radius 2 is 2.30 bits per heavy atom. The van der Waals surface area contributed by atoms with Gasteiger partial charge < -0.3 is 15.3 Å². The third-order valence-electron chi connectivity index (χ3n) is 2.73. The van der Waals surface area contributed by atoms with E-state index in [1.54, 1.807) is 27.0 Å². The van der Waals surface area contributed by atoms with E-state index in [1.807, 2.05) is 0 Å². The Balaban J connectivity index is 2.98. The van der Waals surface area contributed by atoms with E-state index < -0.39 is 6.04 Å². The number of hydroxylamine groups is 1. The molecule has 1 heterocycles. The molecule has 0 aromatic heterocycles. The van der Waals surface area contributed by atoms with Crippen molar-refractivity contribution < 1.29 is 14.4 Å². The van der Waals surface area contributed by atoms with Crippen molar-refractivity contribution in [3.63, 3.8) is 0 Å². The minimum atomic E-state index is -0.531. The van der Waals surface area contributed by atoms with E-state index in [4.69, 9.17) is 15.3 Å². The van der Waals surface area contributed by atoms with Crippen LogP contribution in [0.3, 0.4) is 0 Å². The second-order valence-corrected chi connectivity index (χ2v) is 4.22. The predicted octanol–water partition coefficient (Wildman–Crippen LogP) is 0.688. The normalized spacial score (nSPS) is 21.4. The number of rotatable bonds is 5. The van der Waals surface area contributed by atoms with Crippen molar-refractivity contribution in [1.29, 1.82) is 0 Å². The van der Waals surface area contributed by atoms with Crippen LogP contribution in [-0.4, -0.2) is 38.2 Å². The molecule has 110 valence electrons. The molecule has 7 heteroatoms. The summed E-state index contributed by atoms with van der Waals surface area (Å²) in [6.07, 6.45) is 2.18. The van der Waals surface area contributed by atoms with Gasteiger partial charge in [0.05, 0.1) is 6.61 Å². The van der Waals surface area contributed by atoms with Crippen LogP contribution >= 0.6 is 0 Å². The summed E-state index contributed by atoms with van der Waals surface area (Å²) in [6.45, 7) is 7.35. The molecular formula is C13H20N4O3. The molecule has 0 aromatic rings. The fourth-order valence-electron chi connectivity index (χ4n) is 1.65. The van der Waals surface area contributed by atoms with Crippen LogP contribution in [0.2, 0.25) is 0 Å². The zero-order valence-electron chi connectivity index (χ0n) is 12.0. The van der Waals surface area contributed by atoms with E-state index in [2.05, 4.69) is 22.2 Å². The highest BCUT2D eigenvalue weighted by molar-refractivity contribution is 6.02. The summed E-state index contributed by atoms with van der Waals surface area (Å²) in [5, 5.41) is 0. The van der Waals surface area contributed by atoms with Crippen LogP contribution in [0, 0.1) is 0 Å². The van der Waals surface area contributed by atoms with Gasteiger partial charge in [0.1, 0.15) is 5.76 Å². The molecule has 0 spiro atoms. The fraction of sp³-hybridized carbons (Fsp3) is 0.462. The summed E-state index contributed by atoms with van der Waals surface area (Å²) in [6, 6.07) is -0.531. The second-order valence-electron chi connectivity index (χ2n) is 4.22. The van der Waals surface area contributed by atoms with Crippen molar-refractivity contribution in [3.8, 4) is 0 Å². The number of hydrogen-bond acceptors (Lipinski definition) is 6.